The first-order valence-corrected chi connectivity index (χ1v) is 8.79. The highest BCUT2D eigenvalue weighted by atomic mass is 16.5. The van der Waals surface area contributed by atoms with E-state index >= 15 is 0 Å². The van der Waals surface area contributed by atoms with Crippen LogP contribution in [0.4, 0.5) is 0 Å². The number of ether oxygens (including phenoxy) is 3. The summed E-state index contributed by atoms with van der Waals surface area (Å²) in [6.45, 7) is 5.96. The van der Waals surface area contributed by atoms with E-state index in [1.54, 1.807) is 0 Å². The number of furan rings is 1. The molecule has 0 aliphatic carbocycles. The van der Waals surface area contributed by atoms with Gasteiger partial charge < -0.3 is 18.6 Å². The van der Waals surface area contributed by atoms with Crippen LogP contribution >= 0.6 is 0 Å². The van der Waals surface area contributed by atoms with Gasteiger partial charge in [0.15, 0.2) is 0 Å². The van der Waals surface area contributed by atoms with Crippen molar-refractivity contribution in [3.05, 3.63) is 23.2 Å². The predicted molar refractivity (Wildman–Crippen MR) is 88.0 cm³/mol. The number of aryl methyl sites for hydroxylation is 1. The Morgan fingerprint density at radius 2 is 1.83 bits per heavy atom. The number of hydrogen-bond donors (Lipinski definition) is 0. The molecule has 0 spiro atoms. The van der Waals surface area contributed by atoms with Gasteiger partial charge in [0.2, 0.25) is 5.76 Å². The average Bonchev–Trinajstić information content (AvgIpc) is 3.30. The largest absolute Gasteiger partial charge is 0.463 e. The minimum absolute atomic E-state index is 0.280. The highest BCUT2D eigenvalue weighted by molar-refractivity contribution is 5.87. The van der Waals surface area contributed by atoms with E-state index in [-0.39, 0.29) is 12.2 Å². The fraction of sp³-hybridized carbons (Fsp3) is 0.722. The summed E-state index contributed by atoms with van der Waals surface area (Å²) in [6, 6.07) is 1.92. The van der Waals surface area contributed by atoms with E-state index in [1.807, 2.05) is 13.0 Å². The Morgan fingerprint density at radius 3 is 2.33 bits per heavy atom. The van der Waals surface area contributed by atoms with Crippen molar-refractivity contribution in [1.82, 2.24) is 4.90 Å². The molecule has 134 valence electrons. The maximum atomic E-state index is 11.7. The summed E-state index contributed by atoms with van der Waals surface area (Å²) < 4.78 is 22.1. The average molecular weight is 337 g/mol. The zero-order valence-electron chi connectivity index (χ0n) is 14.6. The van der Waals surface area contributed by atoms with E-state index in [0.717, 1.165) is 63.3 Å². The molecule has 24 heavy (non-hydrogen) atoms. The minimum atomic E-state index is -0.427. The molecule has 3 heterocycles. The molecule has 0 bridgehead atoms. The van der Waals surface area contributed by atoms with Gasteiger partial charge in [-0.1, -0.05) is 0 Å². The normalized spacial score (nSPS) is 24.0. The quantitative estimate of drug-likeness (QED) is 0.713. The predicted octanol–water partition coefficient (Wildman–Crippen LogP) is 2.53. The first-order chi connectivity index (χ1) is 11.7. The van der Waals surface area contributed by atoms with Crippen LogP contribution in [0.1, 0.15) is 47.6 Å². The molecule has 2 atom stereocenters. The minimum Gasteiger partial charge on any atom is -0.463 e. The fourth-order valence-corrected chi connectivity index (χ4v) is 3.50. The molecule has 6 heteroatoms. The Hall–Kier alpha value is -1.37. The Labute approximate surface area is 143 Å². The van der Waals surface area contributed by atoms with Gasteiger partial charge in [-0.2, -0.15) is 0 Å². The van der Waals surface area contributed by atoms with Crippen molar-refractivity contribution in [2.75, 3.05) is 33.4 Å². The molecular formula is C18H27NO5. The lowest BCUT2D eigenvalue weighted by Crippen LogP contribution is -2.37. The molecule has 0 unspecified atom stereocenters. The molecule has 2 aliphatic heterocycles. The molecule has 1 aromatic rings. The van der Waals surface area contributed by atoms with Crippen molar-refractivity contribution in [2.45, 2.75) is 51.4 Å². The van der Waals surface area contributed by atoms with Gasteiger partial charge in [-0.25, -0.2) is 4.79 Å². The van der Waals surface area contributed by atoms with Crippen LogP contribution in [0.25, 0.3) is 0 Å². The van der Waals surface area contributed by atoms with Gasteiger partial charge in [0.25, 0.3) is 0 Å². The Balaban J connectivity index is 1.66. The van der Waals surface area contributed by atoms with Crippen LogP contribution in [-0.4, -0.2) is 56.5 Å². The van der Waals surface area contributed by atoms with Crippen molar-refractivity contribution in [3.8, 4) is 0 Å². The molecule has 0 amide bonds. The highest BCUT2D eigenvalue weighted by Crippen LogP contribution is 2.21. The van der Waals surface area contributed by atoms with E-state index < -0.39 is 5.97 Å². The van der Waals surface area contributed by atoms with E-state index in [0.29, 0.717) is 12.3 Å². The summed E-state index contributed by atoms with van der Waals surface area (Å²) in [4.78, 5) is 14.0. The summed E-state index contributed by atoms with van der Waals surface area (Å²) in [5, 5.41) is 0. The summed E-state index contributed by atoms with van der Waals surface area (Å²) >= 11 is 0. The van der Waals surface area contributed by atoms with Gasteiger partial charge in [-0.3, -0.25) is 4.90 Å². The number of hydrogen-bond acceptors (Lipinski definition) is 6. The molecule has 6 nitrogen and oxygen atoms in total. The van der Waals surface area contributed by atoms with Gasteiger partial charge in [-0.05, 0) is 38.7 Å². The molecule has 2 saturated heterocycles. The third-order valence-corrected chi connectivity index (χ3v) is 4.69. The smallest absolute Gasteiger partial charge is 0.374 e. The molecule has 3 rings (SSSR count). The van der Waals surface area contributed by atoms with E-state index in [9.17, 15) is 4.79 Å². The summed E-state index contributed by atoms with van der Waals surface area (Å²) in [6.07, 6.45) is 5.03. The lowest BCUT2D eigenvalue weighted by molar-refractivity contribution is 0.0316. The third-order valence-electron chi connectivity index (χ3n) is 4.69. The summed E-state index contributed by atoms with van der Waals surface area (Å²) in [7, 11) is 1.37. The van der Waals surface area contributed by atoms with Crippen LogP contribution in [-0.2, 0) is 20.8 Å². The van der Waals surface area contributed by atoms with Crippen LogP contribution in [0.3, 0.4) is 0 Å². The number of rotatable bonds is 7. The second-order valence-corrected chi connectivity index (χ2v) is 6.68. The van der Waals surface area contributed by atoms with E-state index in [1.165, 1.54) is 7.11 Å². The van der Waals surface area contributed by atoms with Crippen LogP contribution in [0.2, 0.25) is 0 Å². The second kappa shape index (κ2) is 8.14. The Morgan fingerprint density at radius 1 is 1.21 bits per heavy atom. The van der Waals surface area contributed by atoms with Gasteiger partial charge >= 0.3 is 5.97 Å². The topological polar surface area (TPSA) is 61.1 Å². The summed E-state index contributed by atoms with van der Waals surface area (Å²) in [5.41, 5.74) is 0.811. The standard InChI is InChI=1S/C18H27NO5/c1-13-9-16(24-17(13)18(20)21-2)12-19(10-14-5-3-7-22-14)11-15-6-4-8-23-15/h9,14-15H,3-8,10-12H2,1-2H3/t14-,15+. The molecule has 2 fully saturated rings. The van der Waals surface area contributed by atoms with Gasteiger partial charge in [0.1, 0.15) is 5.76 Å². The maximum absolute atomic E-state index is 11.7. The van der Waals surface area contributed by atoms with Crippen molar-refractivity contribution >= 4 is 5.97 Å². The molecule has 0 aromatic carbocycles. The lowest BCUT2D eigenvalue weighted by Gasteiger charge is -2.26. The zero-order valence-corrected chi connectivity index (χ0v) is 14.6. The number of carbonyl (C=O) groups is 1. The molecule has 1 aromatic heterocycles. The van der Waals surface area contributed by atoms with E-state index in [2.05, 4.69) is 4.90 Å². The van der Waals surface area contributed by atoms with Crippen LogP contribution in [0, 0.1) is 6.92 Å². The number of methoxy groups -OCH3 is 1. The van der Waals surface area contributed by atoms with Crippen molar-refractivity contribution in [3.63, 3.8) is 0 Å². The van der Waals surface area contributed by atoms with Crippen LogP contribution in [0.5, 0.6) is 0 Å². The van der Waals surface area contributed by atoms with Gasteiger partial charge in [-0.15, -0.1) is 0 Å². The molecule has 0 saturated carbocycles. The van der Waals surface area contributed by atoms with Crippen LogP contribution < -0.4 is 0 Å². The highest BCUT2D eigenvalue weighted by Gasteiger charge is 2.25. The monoisotopic (exact) mass is 337 g/mol. The van der Waals surface area contributed by atoms with Crippen molar-refractivity contribution < 1.29 is 23.4 Å². The summed E-state index contributed by atoms with van der Waals surface area (Å²) in [5.74, 6) is 0.647. The SMILES string of the molecule is COC(=O)c1oc(CN(C[C@H]2CCCO2)C[C@@H]2CCCO2)cc1C. The number of carbonyl (C=O) groups excluding carboxylic acids is 1. The number of nitrogens with zero attached hydrogens (tertiary/aromatic N) is 1. The molecule has 2 aliphatic rings. The van der Waals surface area contributed by atoms with Gasteiger partial charge in [0, 0.05) is 31.9 Å². The lowest BCUT2D eigenvalue weighted by atomic mass is 10.2. The second-order valence-electron chi connectivity index (χ2n) is 6.68. The first-order valence-electron chi connectivity index (χ1n) is 8.79. The molecule has 0 N–H and O–H groups in total. The Bertz CT molecular complexity index is 526. The molecule has 0 radical (unpaired) electrons. The fourth-order valence-electron chi connectivity index (χ4n) is 3.50. The molecular weight excluding hydrogens is 310 g/mol. The zero-order chi connectivity index (χ0) is 16.9. The number of esters is 1. The van der Waals surface area contributed by atoms with Crippen molar-refractivity contribution in [2.24, 2.45) is 0 Å². The first kappa shape index (κ1) is 17.5. The van der Waals surface area contributed by atoms with Gasteiger partial charge in [0.05, 0.1) is 25.9 Å². The maximum Gasteiger partial charge on any atom is 0.374 e. The van der Waals surface area contributed by atoms with Crippen molar-refractivity contribution in [1.29, 1.82) is 0 Å². The third kappa shape index (κ3) is 4.37. The van der Waals surface area contributed by atoms with E-state index in [4.69, 9.17) is 18.6 Å². The van der Waals surface area contributed by atoms with Crippen LogP contribution in [0.15, 0.2) is 10.5 Å². The Kier molecular flexibility index (Phi) is 5.92.